The van der Waals surface area contributed by atoms with Gasteiger partial charge >= 0.3 is 5.97 Å². The van der Waals surface area contributed by atoms with Crippen LogP contribution in [0.5, 0.6) is 0 Å². The Morgan fingerprint density at radius 3 is 2.31 bits per heavy atom. The molecule has 0 fully saturated rings. The van der Waals surface area contributed by atoms with Gasteiger partial charge in [0, 0.05) is 29.8 Å². The summed E-state index contributed by atoms with van der Waals surface area (Å²) < 4.78 is 19.1. The van der Waals surface area contributed by atoms with Crippen molar-refractivity contribution in [1.82, 2.24) is 4.57 Å². The molecule has 0 aliphatic carbocycles. The summed E-state index contributed by atoms with van der Waals surface area (Å²) in [6.45, 7) is 4.15. The maximum Gasteiger partial charge on any atom is 0.339 e. The van der Waals surface area contributed by atoms with Gasteiger partial charge in [0.2, 0.25) is 5.78 Å². The SMILES string of the molecule is Cc1cc(C(=O)COC(=O)c2ccccc2S(C)=O)c(C)n1Cc1ccccc1. The van der Waals surface area contributed by atoms with Crippen LogP contribution < -0.4 is 0 Å². The lowest BCUT2D eigenvalue weighted by atomic mass is 10.1. The van der Waals surface area contributed by atoms with Gasteiger partial charge in [-0.3, -0.25) is 9.00 Å². The number of esters is 1. The zero-order chi connectivity index (χ0) is 21.0. The minimum Gasteiger partial charge on any atom is -0.454 e. The molecule has 0 radical (unpaired) electrons. The first-order valence-electron chi connectivity index (χ1n) is 9.22. The molecule has 3 aromatic rings. The van der Waals surface area contributed by atoms with Gasteiger partial charge in [0.15, 0.2) is 6.61 Å². The van der Waals surface area contributed by atoms with E-state index in [0.29, 0.717) is 17.0 Å². The number of hydrogen-bond donors (Lipinski definition) is 0. The number of benzene rings is 2. The lowest BCUT2D eigenvalue weighted by molar-refractivity contribution is 0.0471. The number of hydrogen-bond acceptors (Lipinski definition) is 4. The van der Waals surface area contributed by atoms with Crippen LogP contribution in [0.4, 0.5) is 0 Å². The lowest BCUT2D eigenvalue weighted by Crippen LogP contribution is -2.16. The van der Waals surface area contributed by atoms with Gasteiger partial charge < -0.3 is 9.30 Å². The summed E-state index contributed by atoms with van der Waals surface area (Å²) >= 11 is 0. The van der Waals surface area contributed by atoms with Crippen molar-refractivity contribution in [2.45, 2.75) is 25.3 Å². The highest BCUT2D eigenvalue weighted by Gasteiger charge is 2.20. The van der Waals surface area contributed by atoms with E-state index in [0.717, 1.165) is 17.0 Å². The Balaban J connectivity index is 1.73. The second-order valence-electron chi connectivity index (χ2n) is 6.81. The van der Waals surface area contributed by atoms with Crippen molar-refractivity contribution >= 4 is 22.6 Å². The van der Waals surface area contributed by atoms with Gasteiger partial charge in [-0.1, -0.05) is 42.5 Å². The molecule has 1 unspecified atom stereocenters. The summed E-state index contributed by atoms with van der Waals surface area (Å²) in [5.41, 5.74) is 3.70. The molecule has 29 heavy (non-hydrogen) atoms. The third-order valence-electron chi connectivity index (χ3n) is 4.81. The van der Waals surface area contributed by atoms with E-state index >= 15 is 0 Å². The normalized spacial score (nSPS) is 11.8. The average Bonchev–Trinajstić information content (AvgIpc) is 3.00. The van der Waals surface area contributed by atoms with E-state index in [1.165, 1.54) is 6.26 Å². The number of rotatable bonds is 7. The molecule has 2 aromatic carbocycles. The summed E-state index contributed by atoms with van der Waals surface area (Å²) in [5.74, 6) is -0.914. The van der Waals surface area contributed by atoms with Gasteiger partial charge in [-0.05, 0) is 37.6 Å². The van der Waals surface area contributed by atoms with Crippen LogP contribution in [0.2, 0.25) is 0 Å². The Morgan fingerprint density at radius 1 is 0.966 bits per heavy atom. The Morgan fingerprint density at radius 2 is 1.62 bits per heavy atom. The molecule has 3 rings (SSSR count). The summed E-state index contributed by atoms with van der Waals surface area (Å²) in [4.78, 5) is 25.5. The molecule has 0 amide bonds. The number of aromatic nitrogens is 1. The van der Waals surface area contributed by atoms with Crippen molar-refractivity contribution in [2.75, 3.05) is 12.9 Å². The number of ketones is 1. The van der Waals surface area contributed by atoms with Crippen molar-refractivity contribution in [3.05, 3.63) is 88.7 Å². The molecule has 6 heteroatoms. The third kappa shape index (κ3) is 4.71. The predicted octanol–water partition coefficient (Wildman–Crippen LogP) is 3.93. The van der Waals surface area contributed by atoms with E-state index < -0.39 is 16.8 Å². The van der Waals surface area contributed by atoms with Gasteiger partial charge in [0.1, 0.15) is 0 Å². The molecule has 1 atom stereocenters. The number of aryl methyl sites for hydroxylation is 1. The maximum atomic E-state index is 12.7. The van der Waals surface area contributed by atoms with Crippen molar-refractivity contribution in [1.29, 1.82) is 0 Å². The first kappa shape index (κ1) is 20.7. The molecule has 0 N–H and O–H groups in total. The lowest BCUT2D eigenvalue weighted by Gasteiger charge is -2.10. The third-order valence-corrected chi connectivity index (χ3v) is 5.78. The van der Waals surface area contributed by atoms with Crippen LogP contribution in [0, 0.1) is 13.8 Å². The van der Waals surface area contributed by atoms with Crippen LogP contribution in [0.15, 0.2) is 65.6 Å². The van der Waals surface area contributed by atoms with Crippen LogP contribution in [0.3, 0.4) is 0 Å². The number of carbonyl (C=O) groups is 2. The Bertz CT molecular complexity index is 1070. The van der Waals surface area contributed by atoms with Gasteiger partial charge in [-0.15, -0.1) is 0 Å². The minimum atomic E-state index is -1.32. The number of nitrogens with zero attached hydrogens (tertiary/aromatic N) is 1. The van der Waals surface area contributed by atoms with E-state index in [1.54, 1.807) is 24.3 Å². The number of ether oxygens (including phenoxy) is 1. The second-order valence-corrected chi connectivity index (χ2v) is 8.15. The Labute approximate surface area is 172 Å². The first-order chi connectivity index (χ1) is 13.9. The van der Waals surface area contributed by atoms with E-state index in [9.17, 15) is 13.8 Å². The fourth-order valence-corrected chi connectivity index (χ4v) is 4.00. The van der Waals surface area contributed by atoms with Gasteiger partial charge in [0.05, 0.1) is 21.3 Å². The second kappa shape index (κ2) is 9.01. The largest absolute Gasteiger partial charge is 0.454 e. The van der Waals surface area contributed by atoms with Crippen LogP contribution in [0.1, 0.15) is 37.7 Å². The molecule has 0 saturated carbocycles. The van der Waals surface area contributed by atoms with Gasteiger partial charge in [-0.2, -0.15) is 0 Å². The zero-order valence-corrected chi connectivity index (χ0v) is 17.5. The molecule has 0 spiro atoms. The highest BCUT2D eigenvalue weighted by Crippen LogP contribution is 2.19. The van der Waals surface area contributed by atoms with E-state index in [-0.39, 0.29) is 18.0 Å². The molecule has 0 bridgehead atoms. The minimum absolute atomic E-state index is 0.218. The standard InChI is InChI=1S/C23H23NO4S/c1-16-13-20(17(2)24(16)14-18-9-5-4-6-10-18)21(25)15-28-23(26)19-11-7-8-12-22(19)29(3)27/h4-13H,14-15H2,1-3H3. The van der Waals surface area contributed by atoms with Gasteiger partial charge in [0.25, 0.3) is 0 Å². The van der Waals surface area contributed by atoms with E-state index in [1.807, 2.05) is 50.2 Å². The summed E-state index contributed by atoms with van der Waals surface area (Å²) in [6.07, 6.45) is 1.50. The molecule has 1 heterocycles. The highest BCUT2D eigenvalue weighted by molar-refractivity contribution is 7.84. The smallest absolute Gasteiger partial charge is 0.339 e. The number of Topliss-reactive ketones (excluding diaryl/α,β-unsaturated/α-hetero) is 1. The van der Waals surface area contributed by atoms with Crippen molar-refractivity contribution in [3.8, 4) is 0 Å². The Hall–Kier alpha value is -2.99. The summed E-state index contributed by atoms with van der Waals surface area (Å²) in [6, 6.07) is 18.4. The van der Waals surface area contributed by atoms with E-state index in [2.05, 4.69) is 4.57 Å². The highest BCUT2D eigenvalue weighted by atomic mass is 32.2. The fraction of sp³-hybridized carbons (Fsp3) is 0.217. The van der Waals surface area contributed by atoms with Crippen LogP contribution in [-0.2, 0) is 22.1 Å². The molecule has 0 aliphatic heterocycles. The first-order valence-corrected chi connectivity index (χ1v) is 10.8. The van der Waals surface area contributed by atoms with Crippen molar-refractivity contribution in [2.24, 2.45) is 0 Å². The fourth-order valence-electron chi connectivity index (χ4n) is 3.27. The quantitative estimate of drug-likeness (QED) is 0.438. The molecule has 0 saturated heterocycles. The van der Waals surface area contributed by atoms with Gasteiger partial charge in [-0.25, -0.2) is 4.79 Å². The van der Waals surface area contributed by atoms with Crippen molar-refractivity contribution in [3.63, 3.8) is 0 Å². The van der Waals surface area contributed by atoms with Crippen LogP contribution in [-0.4, -0.2) is 33.4 Å². The summed E-state index contributed by atoms with van der Waals surface area (Å²) in [7, 11) is -1.32. The molecule has 0 aliphatic rings. The van der Waals surface area contributed by atoms with Crippen molar-refractivity contribution < 1.29 is 18.5 Å². The van der Waals surface area contributed by atoms with E-state index in [4.69, 9.17) is 4.74 Å². The topological polar surface area (TPSA) is 65.4 Å². The zero-order valence-electron chi connectivity index (χ0n) is 16.7. The molecule has 1 aromatic heterocycles. The molecular formula is C23H23NO4S. The Kier molecular flexibility index (Phi) is 6.44. The number of carbonyl (C=O) groups excluding carboxylic acids is 2. The van der Waals surface area contributed by atoms with Crippen LogP contribution >= 0.6 is 0 Å². The average molecular weight is 410 g/mol. The summed E-state index contributed by atoms with van der Waals surface area (Å²) in [5, 5.41) is 0. The molecule has 150 valence electrons. The molecular weight excluding hydrogens is 386 g/mol. The molecule has 5 nitrogen and oxygen atoms in total. The maximum absolute atomic E-state index is 12.7. The monoisotopic (exact) mass is 409 g/mol. The predicted molar refractivity (Wildman–Crippen MR) is 113 cm³/mol. The van der Waals surface area contributed by atoms with Crippen LogP contribution in [0.25, 0.3) is 0 Å².